The molecule has 0 unspecified atom stereocenters. The molecule has 0 fully saturated rings. The standard InChI is InChI=1S/C15H22ClNO2/c1-2-19-15(18)9-12-17(11-6-10-16)13-14-7-4-3-5-8-14/h3-5,7-8H,2,6,9-13H2,1H3. The summed E-state index contributed by atoms with van der Waals surface area (Å²) in [6.07, 6.45) is 1.36. The Morgan fingerprint density at radius 3 is 2.63 bits per heavy atom. The summed E-state index contributed by atoms with van der Waals surface area (Å²) in [5.74, 6) is 0.511. The summed E-state index contributed by atoms with van der Waals surface area (Å²) in [4.78, 5) is 13.6. The van der Waals surface area contributed by atoms with Crippen LogP contribution in [0.25, 0.3) is 0 Å². The van der Waals surface area contributed by atoms with Crippen LogP contribution in [0.3, 0.4) is 0 Å². The highest BCUT2D eigenvalue weighted by molar-refractivity contribution is 6.17. The Kier molecular flexibility index (Phi) is 8.26. The van der Waals surface area contributed by atoms with Gasteiger partial charge in [-0.3, -0.25) is 9.69 Å². The van der Waals surface area contributed by atoms with Crippen LogP contribution in [0.5, 0.6) is 0 Å². The molecule has 0 aliphatic rings. The summed E-state index contributed by atoms with van der Waals surface area (Å²) >= 11 is 5.74. The van der Waals surface area contributed by atoms with E-state index in [1.807, 2.05) is 25.1 Å². The normalized spacial score (nSPS) is 10.7. The van der Waals surface area contributed by atoms with Gasteiger partial charge in [0.1, 0.15) is 0 Å². The van der Waals surface area contributed by atoms with Crippen molar-refractivity contribution in [3.8, 4) is 0 Å². The largest absolute Gasteiger partial charge is 0.466 e. The molecule has 0 aliphatic heterocycles. The van der Waals surface area contributed by atoms with Gasteiger partial charge in [-0.15, -0.1) is 11.6 Å². The van der Waals surface area contributed by atoms with Gasteiger partial charge in [-0.1, -0.05) is 30.3 Å². The van der Waals surface area contributed by atoms with Gasteiger partial charge >= 0.3 is 5.97 Å². The van der Waals surface area contributed by atoms with E-state index in [9.17, 15) is 4.79 Å². The van der Waals surface area contributed by atoms with Gasteiger partial charge in [0.05, 0.1) is 13.0 Å². The third-order valence-corrected chi connectivity index (χ3v) is 3.06. The van der Waals surface area contributed by atoms with E-state index >= 15 is 0 Å². The van der Waals surface area contributed by atoms with Gasteiger partial charge in [0.15, 0.2) is 0 Å². The summed E-state index contributed by atoms with van der Waals surface area (Å²) in [7, 11) is 0. The monoisotopic (exact) mass is 283 g/mol. The summed E-state index contributed by atoms with van der Waals surface area (Å²) in [5, 5.41) is 0. The van der Waals surface area contributed by atoms with Crippen LogP contribution in [0, 0.1) is 0 Å². The smallest absolute Gasteiger partial charge is 0.307 e. The molecule has 0 aliphatic carbocycles. The predicted octanol–water partition coefficient (Wildman–Crippen LogP) is 3.07. The first-order valence-electron chi connectivity index (χ1n) is 6.74. The fraction of sp³-hybridized carbons (Fsp3) is 0.533. The molecule has 0 spiro atoms. The van der Waals surface area contributed by atoms with Crippen LogP contribution in [0.4, 0.5) is 0 Å². The number of hydrogen-bond acceptors (Lipinski definition) is 3. The van der Waals surface area contributed by atoms with E-state index < -0.39 is 0 Å². The Morgan fingerprint density at radius 2 is 2.00 bits per heavy atom. The van der Waals surface area contributed by atoms with Gasteiger partial charge in [-0.25, -0.2) is 0 Å². The predicted molar refractivity (Wildman–Crippen MR) is 78.3 cm³/mol. The third kappa shape index (κ3) is 7.19. The lowest BCUT2D eigenvalue weighted by Crippen LogP contribution is -2.28. The molecule has 3 nitrogen and oxygen atoms in total. The van der Waals surface area contributed by atoms with Gasteiger partial charge in [0.2, 0.25) is 0 Å². The van der Waals surface area contributed by atoms with Gasteiger partial charge < -0.3 is 4.74 Å². The summed E-state index contributed by atoms with van der Waals surface area (Å²) < 4.78 is 4.96. The number of benzene rings is 1. The first-order valence-corrected chi connectivity index (χ1v) is 7.27. The van der Waals surface area contributed by atoms with E-state index in [4.69, 9.17) is 16.3 Å². The first-order chi connectivity index (χ1) is 9.26. The highest BCUT2D eigenvalue weighted by Crippen LogP contribution is 2.06. The van der Waals surface area contributed by atoms with E-state index in [0.29, 0.717) is 25.5 Å². The molecule has 0 aromatic heterocycles. The average molecular weight is 284 g/mol. The van der Waals surface area contributed by atoms with Crippen LogP contribution >= 0.6 is 11.6 Å². The van der Waals surface area contributed by atoms with Crippen LogP contribution < -0.4 is 0 Å². The zero-order valence-electron chi connectivity index (χ0n) is 11.5. The van der Waals surface area contributed by atoms with Gasteiger partial charge in [0.25, 0.3) is 0 Å². The summed E-state index contributed by atoms with van der Waals surface area (Å²) in [6, 6.07) is 10.3. The van der Waals surface area contributed by atoms with Crippen molar-refractivity contribution in [2.24, 2.45) is 0 Å². The molecule has 1 aromatic rings. The molecule has 0 bridgehead atoms. The molecule has 0 saturated heterocycles. The van der Waals surface area contributed by atoms with E-state index in [1.165, 1.54) is 5.56 Å². The second-order valence-corrected chi connectivity index (χ2v) is 4.74. The minimum Gasteiger partial charge on any atom is -0.466 e. The van der Waals surface area contributed by atoms with Crippen LogP contribution in [-0.4, -0.2) is 36.4 Å². The van der Waals surface area contributed by atoms with Crippen LogP contribution in [-0.2, 0) is 16.1 Å². The number of rotatable bonds is 9. The Balaban J connectivity index is 2.44. The van der Waals surface area contributed by atoms with Crippen LogP contribution in [0.2, 0.25) is 0 Å². The second-order valence-electron chi connectivity index (χ2n) is 4.36. The van der Waals surface area contributed by atoms with Crippen molar-refractivity contribution in [3.63, 3.8) is 0 Å². The highest BCUT2D eigenvalue weighted by Gasteiger charge is 2.09. The maximum absolute atomic E-state index is 11.4. The Labute approximate surface area is 120 Å². The number of carbonyl (C=O) groups is 1. The molecule has 4 heteroatoms. The number of alkyl halides is 1. The molecule has 0 saturated carbocycles. The fourth-order valence-electron chi connectivity index (χ4n) is 1.88. The summed E-state index contributed by atoms with van der Waals surface area (Å²) in [5.41, 5.74) is 1.25. The zero-order valence-corrected chi connectivity index (χ0v) is 12.2. The van der Waals surface area contributed by atoms with E-state index in [2.05, 4.69) is 17.0 Å². The van der Waals surface area contributed by atoms with Crippen molar-refractivity contribution in [1.82, 2.24) is 4.90 Å². The maximum Gasteiger partial charge on any atom is 0.307 e. The lowest BCUT2D eigenvalue weighted by Gasteiger charge is -2.21. The van der Waals surface area contributed by atoms with E-state index in [1.54, 1.807) is 0 Å². The maximum atomic E-state index is 11.4. The molecule has 0 radical (unpaired) electrons. The Morgan fingerprint density at radius 1 is 1.26 bits per heavy atom. The van der Waals surface area contributed by atoms with Gasteiger partial charge in [-0.2, -0.15) is 0 Å². The van der Waals surface area contributed by atoms with Crippen molar-refractivity contribution in [2.75, 3.05) is 25.6 Å². The SMILES string of the molecule is CCOC(=O)CCN(CCCCl)Cc1ccccc1. The lowest BCUT2D eigenvalue weighted by molar-refractivity contribution is -0.143. The number of esters is 1. The fourth-order valence-corrected chi connectivity index (χ4v) is 2.00. The molecular weight excluding hydrogens is 262 g/mol. The van der Waals surface area contributed by atoms with E-state index in [-0.39, 0.29) is 5.97 Å². The Bertz CT molecular complexity index is 356. The highest BCUT2D eigenvalue weighted by atomic mass is 35.5. The molecule has 0 atom stereocenters. The van der Waals surface area contributed by atoms with Gasteiger partial charge in [-0.05, 0) is 25.5 Å². The average Bonchev–Trinajstić information content (AvgIpc) is 2.43. The zero-order chi connectivity index (χ0) is 13.9. The molecule has 1 aromatic carbocycles. The van der Waals surface area contributed by atoms with Crippen molar-refractivity contribution < 1.29 is 9.53 Å². The molecular formula is C15H22ClNO2. The molecule has 0 amide bonds. The van der Waals surface area contributed by atoms with Crippen molar-refractivity contribution in [3.05, 3.63) is 35.9 Å². The van der Waals surface area contributed by atoms with Crippen LogP contribution in [0.15, 0.2) is 30.3 Å². The molecule has 0 heterocycles. The molecule has 106 valence electrons. The minimum atomic E-state index is -0.133. The number of nitrogens with zero attached hydrogens (tertiary/aromatic N) is 1. The van der Waals surface area contributed by atoms with Gasteiger partial charge in [0, 0.05) is 19.0 Å². The number of ether oxygens (including phenoxy) is 1. The third-order valence-electron chi connectivity index (χ3n) is 2.79. The van der Waals surface area contributed by atoms with Crippen LogP contribution in [0.1, 0.15) is 25.3 Å². The molecule has 1 rings (SSSR count). The summed E-state index contributed by atoms with van der Waals surface area (Å²) in [6.45, 7) is 4.73. The first kappa shape index (κ1) is 16.0. The number of carbonyl (C=O) groups excluding carboxylic acids is 1. The second kappa shape index (κ2) is 9.82. The van der Waals surface area contributed by atoms with E-state index in [0.717, 1.165) is 19.5 Å². The number of hydrogen-bond donors (Lipinski definition) is 0. The lowest BCUT2D eigenvalue weighted by atomic mass is 10.2. The van der Waals surface area contributed by atoms with Crippen molar-refractivity contribution >= 4 is 17.6 Å². The van der Waals surface area contributed by atoms with Crippen molar-refractivity contribution in [2.45, 2.75) is 26.3 Å². The molecule has 19 heavy (non-hydrogen) atoms. The minimum absolute atomic E-state index is 0.133. The quantitative estimate of drug-likeness (QED) is 0.515. The van der Waals surface area contributed by atoms with Crippen molar-refractivity contribution in [1.29, 1.82) is 0 Å². The Hall–Kier alpha value is -1.06. The number of halogens is 1. The topological polar surface area (TPSA) is 29.5 Å². The molecule has 0 N–H and O–H groups in total.